The molecule has 0 spiro atoms. The van der Waals surface area contributed by atoms with E-state index in [1.807, 2.05) is 0 Å². The summed E-state index contributed by atoms with van der Waals surface area (Å²) in [6.45, 7) is 3.22. The molecule has 3 heterocycles. The van der Waals surface area contributed by atoms with Gasteiger partial charge >= 0.3 is 0 Å². The van der Waals surface area contributed by atoms with Gasteiger partial charge in [-0.25, -0.2) is 9.37 Å². The molecule has 3 fully saturated rings. The Morgan fingerprint density at radius 1 is 1.07 bits per heavy atom. The minimum atomic E-state index is -0.435. The molecule has 1 saturated carbocycles. The lowest BCUT2D eigenvalue weighted by Crippen LogP contribution is -2.51. The number of carbonyl (C=O) groups excluding carboxylic acids is 2. The van der Waals surface area contributed by atoms with E-state index in [0.29, 0.717) is 30.9 Å². The van der Waals surface area contributed by atoms with Crippen LogP contribution in [0.5, 0.6) is 0 Å². The van der Waals surface area contributed by atoms with Crippen molar-refractivity contribution < 1.29 is 14.0 Å². The third-order valence-corrected chi connectivity index (χ3v) is 5.96. The number of nitrogens with zero attached hydrogens (tertiary/aromatic N) is 3. The molecule has 27 heavy (non-hydrogen) atoms. The number of hydrogen-bond acceptors (Lipinski definition) is 4. The Balaban J connectivity index is 1.28. The number of piperidine rings is 2. The van der Waals surface area contributed by atoms with Crippen LogP contribution in [0.1, 0.15) is 49.0 Å². The van der Waals surface area contributed by atoms with Gasteiger partial charge in [0.25, 0.3) is 5.91 Å². The highest BCUT2D eigenvalue weighted by atomic mass is 19.1. The van der Waals surface area contributed by atoms with E-state index < -0.39 is 5.82 Å². The van der Waals surface area contributed by atoms with Crippen LogP contribution >= 0.6 is 0 Å². The summed E-state index contributed by atoms with van der Waals surface area (Å²) in [7, 11) is 0. The fourth-order valence-electron chi connectivity index (χ4n) is 4.20. The number of rotatable bonds is 4. The second-order valence-electron chi connectivity index (χ2n) is 8.00. The Bertz CT molecular complexity index is 684. The molecule has 0 radical (unpaired) electrons. The smallest absolute Gasteiger partial charge is 0.272 e. The Morgan fingerprint density at radius 2 is 1.85 bits per heavy atom. The normalized spacial score (nSPS) is 24.6. The van der Waals surface area contributed by atoms with E-state index in [2.05, 4.69) is 15.2 Å². The average molecular weight is 374 g/mol. The summed E-state index contributed by atoms with van der Waals surface area (Å²) in [5.41, 5.74) is 0.296. The maximum atomic E-state index is 13.0. The molecule has 0 unspecified atom stereocenters. The van der Waals surface area contributed by atoms with Crippen LogP contribution in [0.4, 0.5) is 4.39 Å². The van der Waals surface area contributed by atoms with Crippen LogP contribution in [0, 0.1) is 11.7 Å². The summed E-state index contributed by atoms with van der Waals surface area (Å²) < 4.78 is 13.0. The lowest BCUT2D eigenvalue weighted by molar-refractivity contribution is -0.127. The molecule has 1 aromatic rings. The Kier molecular flexibility index (Phi) is 5.38. The third-order valence-electron chi connectivity index (χ3n) is 5.96. The van der Waals surface area contributed by atoms with Gasteiger partial charge in [0.05, 0.1) is 12.1 Å². The van der Waals surface area contributed by atoms with Crippen molar-refractivity contribution in [3.05, 3.63) is 29.8 Å². The topological polar surface area (TPSA) is 65.5 Å². The molecule has 146 valence electrons. The number of halogens is 1. The quantitative estimate of drug-likeness (QED) is 0.873. The zero-order valence-electron chi connectivity index (χ0n) is 15.6. The van der Waals surface area contributed by atoms with Crippen LogP contribution < -0.4 is 5.32 Å². The number of hydrogen-bond donors (Lipinski definition) is 1. The Morgan fingerprint density at radius 3 is 2.52 bits per heavy atom. The number of pyridine rings is 1. The molecule has 6 nitrogen and oxygen atoms in total. The van der Waals surface area contributed by atoms with Crippen molar-refractivity contribution in [1.29, 1.82) is 0 Å². The molecule has 2 saturated heterocycles. The van der Waals surface area contributed by atoms with Crippen LogP contribution in [-0.4, -0.2) is 64.9 Å². The van der Waals surface area contributed by atoms with Crippen molar-refractivity contribution in [1.82, 2.24) is 20.1 Å². The zero-order valence-corrected chi connectivity index (χ0v) is 15.6. The summed E-state index contributed by atoms with van der Waals surface area (Å²) in [4.78, 5) is 33.0. The molecule has 1 N–H and O–H groups in total. The maximum absolute atomic E-state index is 13.0. The minimum Gasteiger partial charge on any atom is -0.353 e. The lowest BCUT2D eigenvalue weighted by Gasteiger charge is -2.42. The standard InChI is InChI=1S/C20H27FN4O2/c21-15-3-6-18(22-12-15)20(27)24-10-7-17(8-11-24)25-9-1-2-14(13-25)19(26)23-16-4-5-16/h3,6,12,14,16-17H,1-2,4-5,7-11,13H2,(H,23,26)/t14-/m1/s1. The average Bonchev–Trinajstić information content (AvgIpc) is 3.52. The fraction of sp³-hybridized carbons (Fsp3) is 0.650. The highest BCUT2D eigenvalue weighted by Crippen LogP contribution is 2.26. The van der Waals surface area contributed by atoms with Gasteiger partial charge in [-0.3, -0.25) is 14.5 Å². The number of nitrogens with one attached hydrogen (secondary N) is 1. The highest BCUT2D eigenvalue weighted by Gasteiger charge is 2.34. The maximum Gasteiger partial charge on any atom is 0.272 e. The van der Waals surface area contributed by atoms with Crippen molar-refractivity contribution in [3.63, 3.8) is 0 Å². The highest BCUT2D eigenvalue weighted by molar-refractivity contribution is 5.92. The number of carbonyl (C=O) groups is 2. The van der Waals surface area contributed by atoms with Crippen molar-refractivity contribution in [2.45, 2.75) is 50.6 Å². The first-order valence-electron chi connectivity index (χ1n) is 10.1. The van der Waals surface area contributed by atoms with Gasteiger partial charge in [0.15, 0.2) is 0 Å². The van der Waals surface area contributed by atoms with Crippen LogP contribution in [-0.2, 0) is 4.79 Å². The van der Waals surface area contributed by atoms with Gasteiger partial charge in [0.2, 0.25) is 5.91 Å². The van der Waals surface area contributed by atoms with Gasteiger partial charge in [-0.1, -0.05) is 0 Å². The first kappa shape index (κ1) is 18.3. The van der Waals surface area contributed by atoms with Gasteiger partial charge in [-0.15, -0.1) is 0 Å². The van der Waals surface area contributed by atoms with E-state index in [-0.39, 0.29) is 17.7 Å². The molecule has 0 aromatic carbocycles. The Labute approximate surface area is 159 Å². The second-order valence-corrected chi connectivity index (χ2v) is 8.00. The first-order valence-corrected chi connectivity index (χ1v) is 10.1. The van der Waals surface area contributed by atoms with Gasteiger partial charge in [-0.05, 0) is 57.2 Å². The summed E-state index contributed by atoms with van der Waals surface area (Å²) in [5.74, 6) is -0.246. The monoisotopic (exact) mass is 374 g/mol. The lowest BCUT2D eigenvalue weighted by atomic mass is 9.93. The van der Waals surface area contributed by atoms with E-state index in [0.717, 1.165) is 57.8 Å². The van der Waals surface area contributed by atoms with Crippen molar-refractivity contribution in [3.8, 4) is 0 Å². The minimum absolute atomic E-state index is 0.0995. The third kappa shape index (κ3) is 4.46. The summed E-state index contributed by atoms with van der Waals surface area (Å²) >= 11 is 0. The molecule has 4 rings (SSSR count). The van der Waals surface area contributed by atoms with Crippen LogP contribution in [0.3, 0.4) is 0 Å². The second kappa shape index (κ2) is 7.92. The molecule has 1 atom stereocenters. The molecule has 1 aliphatic carbocycles. The van der Waals surface area contributed by atoms with Crippen LogP contribution in [0.15, 0.2) is 18.3 Å². The van der Waals surface area contributed by atoms with Gasteiger partial charge in [0.1, 0.15) is 11.5 Å². The van der Waals surface area contributed by atoms with E-state index >= 15 is 0 Å². The van der Waals surface area contributed by atoms with Crippen molar-refractivity contribution in [2.24, 2.45) is 5.92 Å². The number of likely N-dealkylation sites (tertiary alicyclic amines) is 2. The molecule has 7 heteroatoms. The van der Waals surface area contributed by atoms with Gasteiger partial charge in [0, 0.05) is 31.7 Å². The molecular formula is C20H27FN4O2. The van der Waals surface area contributed by atoms with E-state index in [4.69, 9.17) is 0 Å². The SMILES string of the molecule is O=C(NC1CC1)[C@@H]1CCCN(C2CCN(C(=O)c3ccc(F)cn3)CC2)C1. The number of aromatic nitrogens is 1. The van der Waals surface area contributed by atoms with E-state index in [1.165, 1.54) is 12.1 Å². The molecule has 3 aliphatic rings. The zero-order chi connectivity index (χ0) is 18.8. The number of amides is 2. The summed E-state index contributed by atoms with van der Waals surface area (Å²) in [6, 6.07) is 3.55. The molecular weight excluding hydrogens is 347 g/mol. The van der Waals surface area contributed by atoms with Crippen molar-refractivity contribution in [2.75, 3.05) is 26.2 Å². The van der Waals surface area contributed by atoms with Gasteiger partial charge < -0.3 is 10.2 Å². The van der Waals surface area contributed by atoms with E-state index in [1.54, 1.807) is 4.90 Å². The van der Waals surface area contributed by atoms with Crippen LogP contribution in [0.25, 0.3) is 0 Å². The fourth-order valence-corrected chi connectivity index (χ4v) is 4.20. The molecule has 2 amide bonds. The first-order chi connectivity index (χ1) is 13.1. The summed E-state index contributed by atoms with van der Waals surface area (Å²) in [5, 5.41) is 3.14. The Hall–Kier alpha value is -2.02. The van der Waals surface area contributed by atoms with Crippen molar-refractivity contribution >= 4 is 11.8 Å². The molecule has 2 aliphatic heterocycles. The largest absolute Gasteiger partial charge is 0.353 e. The van der Waals surface area contributed by atoms with Gasteiger partial charge in [-0.2, -0.15) is 0 Å². The predicted molar refractivity (Wildman–Crippen MR) is 98.6 cm³/mol. The predicted octanol–water partition coefficient (Wildman–Crippen LogP) is 1.82. The molecule has 0 bridgehead atoms. The summed E-state index contributed by atoms with van der Waals surface area (Å²) in [6.07, 6.45) is 7.17. The van der Waals surface area contributed by atoms with E-state index in [9.17, 15) is 14.0 Å². The van der Waals surface area contributed by atoms with Crippen LogP contribution in [0.2, 0.25) is 0 Å². The molecule has 1 aromatic heterocycles.